The molecule has 0 radical (unpaired) electrons. The first-order valence-corrected chi connectivity index (χ1v) is 11.1. The molecule has 2 aromatic carbocycles. The van der Waals surface area contributed by atoms with E-state index < -0.39 is 0 Å². The molecule has 0 saturated carbocycles. The second kappa shape index (κ2) is 9.90. The van der Waals surface area contributed by atoms with Crippen LogP contribution in [-0.2, 0) is 12.8 Å². The number of hydrogen-bond acceptors (Lipinski definition) is 4. The fraction of sp³-hybridized carbons (Fsp3) is 0.440. The second-order valence-corrected chi connectivity index (χ2v) is 8.25. The predicted molar refractivity (Wildman–Crippen MR) is 117 cm³/mol. The van der Waals surface area contributed by atoms with Gasteiger partial charge >= 0.3 is 0 Å². The number of likely N-dealkylation sites (tertiary alicyclic amines) is 1. The van der Waals surface area contributed by atoms with Crippen molar-refractivity contribution in [3.63, 3.8) is 0 Å². The molecule has 3 aromatic rings. The normalized spacial score (nSPS) is 16.8. The van der Waals surface area contributed by atoms with Gasteiger partial charge in [-0.2, -0.15) is 0 Å². The molecular weight excluding hydrogens is 376 g/mol. The van der Waals surface area contributed by atoms with Crippen LogP contribution < -0.4 is 0 Å². The number of aromatic nitrogens is 1. The van der Waals surface area contributed by atoms with Crippen LogP contribution in [-0.4, -0.2) is 40.6 Å². The number of carbonyl (C=O) groups is 1. The molecule has 5 nitrogen and oxygen atoms in total. The maximum absolute atomic E-state index is 13.0. The third-order valence-corrected chi connectivity index (χ3v) is 5.95. The zero-order valence-electron chi connectivity index (χ0n) is 17.4. The monoisotopic (exact) mass is 406 g/mol. The van der Waals surface area contributed by atoms with Gasteiger partial charge in [-0.25, -0.2) is 4.98 Å². The van der Waals surface area contributed by atoms with Crippen LogP contribution in [0.4, 0.5) is 0 Å². The smallest absolute Gasteiger partial charge is 0.253 e. The van der Waals surface area contributed by atoms with Crippen molar-refractivity contribution in [2.24, 2.45) is 5.92 Å². The molecule has 1 fully saturated rings. The molecule has 0 unspecified atom stereocenters. The standard InChI is InChI=1S/C25H30N2O3/c28-16-6-11-20-10-5-15-27(18-20)25(29)21-13-14-23-22(17-21)26-24(30-23)12-4-9-19-7-2-1-3-8-19/h1-3,7-8,13-14,17,20,28H,4-6,9-12,15-16,18H2/t20-/m0/s1. The Bertz CT molecular complexity index is 967. The van der Waals surface area contributed by atoms with Crippen molar-refractivity contribution in [1.29, 1.82) is 0 Å². The molecule has 1 N–H and O–H groups in total. The summed E-state index contributed by atoms with van der Waals surface area (Å²) in [5.41, 5.74) is 3.49. The van der Waals surface area contributed by atoms with Crippen molar-refractivity contribution in [2.45, 2.75) is 44.9 Å². The van der Waals surface area contributed by atoms with Gasteiger partial charge in [-0.15, -0.1) is 0 Å². The van der Waals surface area contributed by atoms with Crippen molar-refractivity contribution in [1.82, 2.24) is 9.88 Å². The van der Waals surface area contributed by atoms with Crippen molar-refractivity contribution >= 4 is 17.0 Å². The number of aliphatic hydroxyl groups excluding tert-OH is 1. The molecule has 0 bridgehead atoms. The summed E-state index contributed by atoms with van der Waals surface area (Å²) in [6.45, 7) is 1.80. The van der Waals surface area contributed by atoms with Crippen molar-refractivity contribution in [3.8, 4) is 0 Å². The largest absolute Gasteiger partial charge is 0.441 e. The summed E-state index contributed by atoms with van der Waals surface area (Å²) >= 11 is 0. The van der Waals surface area contributed by atoms with E-state index in [-0.39, 0.29) is 12.5 Å². The van der Waals surface area contributed by atoms with E-state index in [2.05, 4.69) is 29.2 Å². The minimum Gasteiger partial charge on any atom is -0.441 e. The number of aryl methyl sites for hydroxylation is 2. The molecule has 30 heavy (non-hydrogen) atoms. The third-order valence-electron chi connectivity index (χ3n) is 5.95. The summed E-state index contributed by atoms with van der Waals surface area (Å²) in [7, 11) is 0. The van der Waals surface area contributed by atoms with Crippen LogP contribution in [0.25, 0.3) is 11.1 Å². The average Bonchev–Trinajstić information content (AvgIpc) is 3.20. The zero-order valence-corrected chi connectivity index (χ0v) is 17.4. The molecule has 2 heterocycles. The summed E-state index contributed by atoms with van der Waals surface area (Å²) in [5, 5.41) is 9.07. The van der Waals surface area contributed by atoms with E-state index in [9.17, 15) is 4.79 Å². The highest BCUT2D eigenvalue weighted by Crippen LogP contribution is 2.24. The quantitative estimate of drug-likeness (QED) is 0.592. The average molecular weight is 407 g/mol. The van der Waals surface area contributed by atoms with E-state index >= 15 is 0 Å². The summed E-state index contributed by atoms with van der Waals surface area (Å²) in [4.78, 5) is 19.6. The number of nitrogens with zero attached hydrogens (tertiary/aromatic N) is 2. The highest BCUT2D eigenvalue weighted by molar-refractivity contribution is 5.97. The summed E-state index contributed by atoms with van der Waals surface area (Å²) in [6, 6.07) is 16.0. The summed E-state index contributed by atoms with van der Waals surface area (Å²) in [6.07, 6.45) is 6.71. The van der Waals surface area contributed by atoms with Crippen molar-refractivity contribution in [3.05, 3.63) is 65.5 Å². The predicted octanol–water partition coefficient (Wildman–Crippen LogP) is 4.63. The van der Waals surface area contributed by atoms with E-state index in [1.807, 2.05) is 29.2 Å². The molecule has 158 valence electrons. The lowest BCUT2D eigenvalue weighted by Crippen LogP contribution is -2.40. The number of benzene rings is 2. The fourth-order valence-electron chi connectivity index (χ4n) is 4.35. The van der Waals surface area contributed by atoms with Gasteiger partial charge in [-0.1, -0.05) is 30.3 Å². The van der Waals surface area contributed by atoms with E-state index in [0.29, 0.717) is 11.5 Å². The van der Waals surface area contributed by atoms with Crippen LogP contribution in [0.1, 0.15) is 53.9 Å². The summed E-state index contributed by atoms with van der Waals surface area (Å²) in [5.74, 6) is 1.29. The van der Waals surface area contributed by atoms with E-state index in [0.717, 1.165) is 75.0 Å². The molecule has 0 spiro atoms. The van der Waals surface area contributed by atoms with E-state index in [1.54, 1.807) is 0 Å². The lowest BCUT2D eigenvalue weighted by molar-refractivity contribution is 0.0663. The molecule has 1 aliphatic rings. The van der Waals surface area contributed by atoms with Gasteiger partial charge in [-0.05, 0) is 68.2 Å². The van der Waals surface area contributed by atoms with Crippen molar-refractivity contribution in [2.75, 3.05) is 19.7 Å². The van der Waals surface area contributed by atoms with Gasteiger partial charge < -0.3 is 14.4 Å². The SMILES string of the molecule is O=C(c1ccc2oc(CCCc3ccccc3)nc2c1)N1CCC[C@@H](CCCO)C1. The molecule has 5 heteroatoms. The third kappa shape index (κ3) is 5.08. The van der Waals surface area contributed by atoms with Gasteiger partial charge in [0.05, 0.1) is 0 Å². The topological polar surface area (TPSA) is 66.6 Å². The Kier molecular flexibility index (Phi) is 6.80. The zero-order chi connectivity index (χ0) is 20.8. The molecular formula is C25H30N2O3. The molecule has 4 rings (SSSR count). The number of aliphatic hydroxyl groups is 1. The van der Waals surface area contributed by atoms with Gasteiger partial charge in [0.25, 0.3) is 5.91 Å². The highest BCUT2D eigenvalue weighted by atomic mass is 16.3. The molecule has 1 saturated heterocycles. The Morgan fingerprint density at radius 2 is 2.00 bits per heavy atom. The number of rotatable bonds is 8. The maximum Gasteiger partial charge on any atom is 0.253 e. The first-order chi connectivity index (χ1) is 14.7. The fourth-order valence-corrected chi connectivity index (χ4v) is 4.35. The first-order valence-electron chi connectivity index (χ1n) is 11.1. The van der Waals surface area contributed by atoms with Gasteiger partial charge in [0, 0.05) is 31.7 Å². The van der Waals surface area contributed by atoms with Crippen LogP contribution >= 0.6 is 0 Å². The van der Waals surface area contributed by atoms with Gasteiger partial charge in [0.1, 0.15) is 5.52 Å². The Balaban J connectivity index is 1.38. The molecule has 1 aliphatic heterocycles. The van der Waals surface area contributed by atoms with Gasteiger partial charge in [0.2, 0.25) is 0 Å². The maximum atomic E-state index is 13.0. The number of amides is 1. The Morgan fingerprint density at radius 1 is 1.13 bits per heavy atom. The lowest BCUT2D eigenvalue weighted by Gasteiger charge is -2.32. The van der Waals surface area contributed by atoms with Gasteiger partial charge in [-0.3, -0.25) is 4.79 Å². The number of hydrogen-bond donors (Lipinski definition) is 1. The Morgan fingerprint density at radius 3 is 2.83 bits per heavy atom. The first kappa shape index (κ1) is 20.6. The molecule has 1 aromatic heterocycles. The number of fused-ring (bicyclic) bond motifs is 1. The Labute approximate surface area is 177 Å². The van der Waals surface area contributed by atoms with Crippen LogP contribution in [0.2, 0.25) is 0 Å². The number of carbonyl (C=O) groups excluding carboxylic acids is 1. The van der Waals surface area contributed by atoms with Crippen LogP contribution in [0.3, 0.4) is 0 Å². The van der Waals surface area contributed by atoms with Crippen LogP contribution in [0, 0.1) is 5.92 Å². The van der Waals surface area contributed by atoms with E-state index in [4.69, 9.17) is 9.52 Å². The second-order valence-electron chi connectivity index (χ2n) is 8.25. The lowest BCUT2D eigenvalue weighted by atomic mass is 9.93. The minimum absolute atomic E-state index is 0.0687. The minimum atomic E-state index is 0.0687. The van der Waals surface area contributed by atoms with Crippen LogP contribution in [0.5, 0.6) is 0 Å². The molecule has 1 amide bonds. The molecule has 0 aliphatic carbocycles. The number of piperidine rings is 1. The molecule has 1 atom stereocenters. The summed E-state index contributed by atoms with van der Waals surface area (Å²) < 4.78 is 5.89. The van der Waals surface area contributed by atoms with Crippen molar-refractivity contribution < 1.29 is 14.3 Å². The van der Waals surface area contributed by atoms with Crippen LogP contribution in [0.15, 0.2) is 52.9 Å². The number of oxazole rings is 1. The highest BCUT2D eigenvalue weighted by Gasteiger charge is 2.24. The van der Waals surface area contributed by atoms with Gasteiger partial charge in [0.15, 0.2) is 11.5 Å². The Hall–Kier alpha value is -2.66. The van der Waals surface area contributed by atoms with E-state index in [1.165, 1.54) is 5.56 Å².